The van der Waals surface area contributed by atoms with Crippen molar-refractivity contribution in [1.82, 2.24) is 4.98 Å². The van der Waals surface area contributed by atoms with E-state index in [1.807, 2.05) is 19.1 Å². The molecule has 2 rings (SSSR count). The fourth-order valence-electron chi connectivity index (χ4n) is 1.78. The predicted octanol–water partition coefficient (Wildman–Crippen LogP) is 4.45. The van der Waals surface area contributed by atoms with Crippen molar-refractivity contribution < 1.29 is 14.3 Å². The van der Waals surface area contributed by atoms with Gasteiger partial charge in [0.2, 0.25) is 5.88 Å². The molecule has 0 radical (unpaired) electrons. The molecule has 0 aliphatic carbocycles. The highest BCUT2D eigenvalue weighted by atomic mass is 35.5. The van der Waals surface area contributed by atoms with Crippen molar-refractivity contribution in [2.24, 2.45) is 0 Å². The molecule has 0 atom stereocenters. The number of hydrogen-bond acceptors (Lipinski definition) is 5. The van der Waals surface area contributed by atoms with Crippen LogP contribution >= 0.6 is 11.6 Å². The van der Waals surface area contributed by atoms with Crippen molar-refractivity contribution in [2.75, 3.05) is 6.61 Å². The molecule has 24 heavy (non-hydrogen) atoms. The van der Waals surface area contributed by atoms with Gasteiger partial charge in [0.15, 0.2) is 0 Å². The zero-order chi connectivity index (χ0) is 17.9. The van der Waals surface area contributed by atoms with Crippen molar-refractivity contribution in [3.8, 4) is 17.7 Å². The summed E-state index contributed by atoms with van der Waals surface area (Å²) in [4.78, 5) is 13.4. The van der Waals surface area contributed by atoms with Crippen LogP contribution in [0.25, 0.3) is 0 Å². The van der Waals surface area contributed by atoms with Gasteiger partial charge in [-0.3, -0.25) is 4.79 Å². The summed E-state index contributed by atoms with van der Waals surface area (Å²) in [5.41, 5.74) is 2.38. The molecule has 0 N–H and O–H groups in total. The first-order chi connectivity index (χ1) is 11.5. The van der Waals surface area contributed by atoms with Crippen LogP contribution in [0.1, 0.15) is 30.7 Å². The molecule has 1 aromatic heterocycles. The van der Waals surface area contributed by atoms with E-state index in [2.05, 4.69) is 22.7 Å². The lowest BCUT2D eigenvalue weighted by molar-refractivity contribution is -0.128. The summed E-state index contributed by atoms with van der Waals surface area (Å²) in [6.45, 7) is 6.54. The molecular formula is C18H19ClN2O3. The largest absolute Gasteiger partial charge is 0.468 e. The lowest BCUT2D eigenvalue weighted by atomic mass is 10.2. The Kier molecular flexibility index (Phi) is 8.31. The van der Waals surface area contributed by atoms with Crippen molar-refractivity contribution in [1.29, 1.82) is 5.26 Å². The maximum Gasteiger partial charge on any atom is 0.293 e. The number of carbonyl (C=O) groups is 1. The fraction of sp³-hybridized carbons (Fsp3) is 0.278. The molecule has 0 aliphatic heterocycles. The Bertz CT molecular complexity index is 727. The summed E-state index contributed by atoms with van der Waals surface area (Å²) in [6, 6.07) is 11.0. The number of aryl methyl sites for hydroxylation is 2. The third-order valence-corrected chi connectivity index (χ3v) is 3.22. The van der Waals surface area contributed by atoms with Gasteiger partial charge in [-0.1, -0.05) is 24.6 Å². The summed E-state index contributed by atoms with van der Waals surface area (Å²) in [6.07, 6.45) is 0.901. The number of rotatable bonds is 5. The molecule has 0 aliphatic rings. The van der Waals surface area contributed by atoms with E-state index in [0.29, 0.717) is 35.3 Å². The molecule has 1 aromatic carbocycles. The predicted molar refractivity (Wildman–Crippen MR) is 92.3 cm³/mol. The molecule has 0 fully saturated rings. The van der Waals surface area contributed by atoms with E-state index in [-0.39, 0.29) is 0 Å². The first-order valence-corrected chi connectivity index (χ1v) is 7.82. The van der Waals surface area contributed by atoms with Gasteiger partial charge in [0.05, 0.1) is 23.3 Å². The average molecular weight is 347 g/mol. The summed E-state index contributed by atoms with van der Waals surface area (Å²) in [7, 11) is 0. The zero-order valence-electron chi connectivity index (χ0n) is 13.9. The van der Waals surface area contributed by atoms with Crippen LogP contribution in [0.2, 0.25) is 5.02 Å². The minimum atomic E-state index is 0.381. The van der Waals surface area contributed by atoms with E-state index < -0.39 is 0 Å². The standard InChI is InChI=1S/C15H13ClN2O.C3H6O2/c1-3-11-4-5-13(16)14(7-11)19-15-8-12(9-17)6-10(2)18-15;1-2-5-3-4/h4-8H,3H2,1-2H3;3H,2H2,1H3. The minimum Gasteiger partial charge on any atom is -0.468 e. The van der Waals surface area contributed by atoms with E-state index in [1.165, 1.54) is 0 Å². The van der Waals surface area contributed by atoms with Crippen LogP contribution in [0.3, 0.4) is 0 Å². The Morgan fingerprint density at radius 3 is 2.58 bits per heavy atom. The Labute approximate surface area is 146 Å². The van der Waals surface area contributed by atoms with E-state index in [1.54, 1.807) is 25.1 Å². The van der Waals surface area contributed by atoms with Crippen LogP contribution in [-0.4, -0.2) is 18.1 Å². The molecular weight excluding hydrogens is 328 g/mol. The van der Waals surface area contributed by atoms with Crippen LogP contribution in [0.4, 0.5) is 0 Å². The van der Waals surface area contributed by atoms with Gasteiger partial charge in [0.25, 0.3) is 6.47 Å². The van der Waals surface area contributed by atoms with Crippen molar-refractivity contribution >= 4 is 18.1 Å². The van der Waals surface area contributed by atoms with Crippen LogP contribution in [0.5, 0.6) is 11.6 Å². The van der Waals surface area contributed by atoms with E-state index in [4.69, 9.17) is 21.6 Å². The number of pyridine rings is 1. The van der Waals surface area contributed by atoms with Gasteiger partial charge in [-0.25, -0.2) is 4.98 Å². The molecule has 2 aromatic rings. The normalized spacial score (nSPS) is 9.29. The Hall–Kier alpha value is -2.58. The average Bonchev–Trinajstić information content (AvgIpc) is 2.57. The quantitative estimate of drug-likeness (QED) is 0.748. The molecule has 0 unspecified atom stereocenters. The Morgan fingerprint density at radius 1 is 1.29 bits per heavy atom. The summed E-state index contributed by atoms with van der Waals surface area (Å²) in [5.74, 6) is 0.940. The molecule has 0 saturated carbocycles. The third-order valence-electron chi connectivity index (χ3n) is 2.91. The third kappa shape index (κ3) is 6.27. The highest BCUT2D eigenvalue weighted by molar-refractivity contribution is 6.32. The fourth-order valence-corrected chi connectivity index (χ4v) is 1.94. The monoisotopic (exact) mass is 346 g/mol. The minimum absolute atomic E-state index is 0.381. The zero-order valence-corrected chi connectivity index (χ0v) is 14.6. The van der Waals surface area contributed by atoms with Gasteiger partial charge in [-0.05, 0) is 44.0 Å². The molecule has 6 heteroatoms. The van der Waals surface area contributed by atoms with Gasteiger partial charge < -0.3 is 9.47 Å². The first kappa shape index (κ1) is 19.5. The summed E-state index contributed by atoms with van der Waals surface area (Å²) >= 11 is 6.10. The second kappa shape index (κ2) is 10.2. The van der Waals surface area contributed by atoms with Crippen molar-refractivity contribution in [2.45, 2.75) is 27.2 Å². The molecule has 126 valence electrons. The summed E-state index contributed by atoms with van der Waals surface area (Å²) < 4.78 is 9.83. The Balaban J connectivity index is 0.000000505. The molecule has 5 nitrogen and oxygen atoms in total. The summed E-state index contributed by atoms with van der Waals surface area (Å²) in [5, 5.41) is 9.46. The second-order valence-electron chi connectivity index (χ2n) is 4.72. The maximum atomic E-state index is 9.18. The van der Waals surface area contributed by atoms with Gasteiger partial charge in [-0.15, -0.1) is 0 Å². The van der Waals surface area contributed by atoms with Crippen molar-refractivity contribution in [3.05, 3.63) is 52.2 Å². The van der Waals surface area contributed by atoms with Crippen LogP contribution in [0.15, 0.2) is 30.3 Å². The highest BCUT2D eigenvalue weighted by Crippen LogP contribution is 2.30. The SMILES string of the molecule is CCOC=O.CCc1ccc(Cl)c(Oc2cc(C#N)cc(C)n2)c1. The first-order valence-electron chi connectivity index (χ1n) is 7.44. The van der Waals surface area contributed by atoms with E-state index in [9.17, 15) is 4.79 Å². The Morgan fingerprint density at radius 2 is 2.04 bits per heavy atom. The number of aromatic nitrogens is 1. The van der Waals surface area contributed by atoms with Gasteiger partial charge in [0, 0.05) is 11.8 Å². The van der Waals surface area contributed by atoms with Gasteiger partial charge in [-0.2, -0.15) is 5.26 Å². The number of carbonyl (C=O) groups excluding carboxylic acids is 1. The highest BCUT2D eigenvalue weighted by Gasteiger charge is 2.07. The van der Waals surface area contributed by atoms with Gasteiger partial charge in [0.1, 0.15) is 5.75 Å². The number of nitrogens with zero attached hydrogens (tertiary/aromatic N) is 2. The number of benzene rings is 1. The number of nitriles is 1. The molecule has 0 saturated heterocycles. The molecule has 1 heterocycles. The van der Waals surface area contributed by atoms with E-state index >= 15 is 0 Å². The second-order valence-corrected chi connectivity index (χ2v) is 5.13. The van der Waals surface area contributed by atoms with Crippen LogP contribution in [0, 0.1) is 18.3 Å². The number of ether oxygens (including phenoxy) is 2. The molecule has 0 spiro atoms. The van der Waals surface area contributed by atoms with Gasteiger partial charge >= 0.3 is 0 Å². The maximum absolute atomic E-state index is 9.18. The van der Waals surface area contributed by atoms with Crippen LogP contribution < -0.4 is 4.74 Å². The molecule has 0 amide bonds. The smallest absolute Gasteiger partial charge is 0.293 e. The van der Waals surface area contributed by atoms with Crippen molar-refractivity contribution in [3.63, 3.8) is 0 Å². The van der Waals surface area contributed by atoms with Crippen LogP contribution in [-0.2, 0) is 16.0 Å². The topological polar surface area (TPSA) is 72.2 Å². The number of hydrogen-bond donors (Lipinski definition) is 0. The lowest BCUT2D eigenvalue weighted by Gasteiger charge is -2.09. The lowest BCUT2D eigenvalue weighted by Crippen LogP contribution is -1.93. The van der Waals surface area contributed by atoms with E-state index in [0.717, 1.165) is 17.7 Å². The molecule has 0 bridgehead atoms. The number of halogens is 1.